The lowest BCUT2D eigenvalue weighted by atomic mass is 10.2. The molecule has 1 N–H and O–H groups in total. The van der Waals surface area contributed by atoms with Crippen LogP contribution in [-0.4, -0.2) is 21.4 Å². The van der Waals surface area contributed by atoms with Crippen LogP contribution in [0, 0.1) is 6.92 Å². The van der Waals surface area contributed by atoms with Crippen LogP contribution >= 0.6 is 11.6 Å². The van der Waals surface area contributed by atoms with Gasteiger partial charge in [0.25, 0.3) is 5.91 Å². The fourth-order valence-corrected chi connectivity index (χ4v) is 3.36. The van der Waals surface area contributed by atoms with Gasteiger partial charge in [0.05, 0.1) is 16.8 Å². The maximum Gasteiger partial charge on any atom is 0.292 e. The summed E-state index contributed by atoms with van der Waals surface area (Å²) >= 11 is 6.19. The summed E-state index contributed by atoms with van der Waals surface area (Å²) < 4.78 is 13.3. The number of furan rings is 1. The highest BCUT2D eigenvalue weighted by atomic mass is 35.5. The number of carbonyl (C=O) groups is 1. The molecule has 7 heteroatoms. The summed E-state index contributed by atoms with van der Waals surface area (Å²) in [4.78, 5) is 17.1. The fraction of sp³-hybridized carbons (Fsp3) is 0.182. The minimum Gasteiger partial charge on any atom is -0.490 e. The molecule has 6 nitrogen and oxygen atoms in total. The molecule has 1 aliphatic rings. The Morgan fingerprint density at radius 1 is 1.21 bits per heavy atom. The van der Waals surface area contributed by atoms with Crippen LogP contribution in [0.3, 0.4) is 0 Å². The van der Waals surface area contributed by atoms with E-state index in [1.807, 2.05) is 31.2 Å². The molecule has 0 spiro atoms. The van der Waals surface area contributed by atoms with E-state index in [4.69, 9.17) is 20.8 Å². The number of amides is 1. The second-order valence-electron chi connectivity index (χ2n) is 7.06. The van der Waals surface area contributed by atoms with E-state index in [1.165, 1.54) is 0 Å². The van der Waals surface area contributed by atoms with Crippen molar-refractivity contribution in [3.8, 4) is 17.1 Å². The Morgan fingerprint density at radius 3 is 2.76 bits per heavy atom. The first-order valence-corrected chi connectivity index (χ1v) is 9.78. The van der Waals surface area contributed by atoms with Gasteiger partial charge in [0, 0.05) is 11.8 Å². The van der Waals surface area contributed by atoms with Gasteiger partial charge in [-0.15, -0.1) is 0 Å². The molecule has 0 bridgehead atoms. The summed E-state index contributed by atoms with van der Waals surface area (Å²) in [5.41, 5.74) is 2.14. The van der Waals surface area contributed by atoms with Crippen molar-refractivity contribution < 1.29 is 13.9 Å². The zero-order valence-electron chi connectivity index (χ0n) is 15.7. The molecule has 5 rings (SSSR count). The molecule has 0 saturated heterocycles. The van der Waals surface area contributed by atoms with Crippen LogP contribution < -0.4 is 10.1 Å². The SMILES string of the molecule is Cc1nc2c(Cl)cccn2c1NC(=O)c1ccc(-c2ccc(OC3CC3)cc2)o1. The van der Waals surface area contributed by atoms with E-state index in [0.29, 0.717) is 34.0 Å². The van der Waals surface area contributed by atoms with Crippen molar-refractivity contribution in [3.05, 3.63) is 71.2 Å². The molecule has 0 aliphatic heterocycles. The number of aromatic nitrogens is 2. The zero-order valence-corrected chi connectivity index (χ0v) is 16.4. The van der Waals surface area contributed by atoms with Gasteiger partial charge in [-0.1, -0.05) is 11.6 Å². The number of nitrogens with one attached hydrogen (secondary N) is 1. The molecule has 146 valence electrons. The molecule has 0 unspecified atom stereocenters. The first kappa shape index (κ1) is 17.8. The molecule has 1 fully saturated rings. The number of fused-ring (bicyclic) bond motifs is 1. The Labute approximate surface area is 172 Å². The fourth-order valence-electron chi connectivity index (χ4n) is 3.16. The summed E-state index contributed by atoms with van der Waals surface area (Å²) in [7, 11) is 0. The van der Waals surface area contributed by atoms with E-state index in [0.717, 1.165) is 24.2 Å². The molecule has 0 atom stereocenters. The maximum atomic E-state index is 12.7. The van der Waals surface area contributed by atoms with Crippen molar-refractivity contribution >= 4 is 29.0 Å². The number of benzene rings is 1. The van der Waals surface area contributed by atoms with Crippen molar-refractivity contribution in [1.29, 1.82) is 0 Å². The molecule has 1 amide bonds. The van der Waals surface area contributed by atoms with E-state index >= 15 is 0 Å². The second-order valence-corrected chi connectivity index (χ2v) is 7.46. The maximum absolute atomic E-state index is 12.7. The lowest BCUT2D eigenvalue weighted by Crippen LogP contribution is -2.13. The highest BCUT2D eigenvalue weighted by Crippen LogP contribution is 2.30. The van der Waals surface area contributed by atoms with Gasteiger partial charge in [-0.3, -0.25) is 9.20 Å². The molecule has 3 heterocycles. The molecular weight excluding hydrogens is 390 g/mol. The molecule has 1 aromatic carbocycles. The predicted molar refractivity (Wildman–Crippen MR) is 111 cm³/mol. The average molecular weight is 408 g/mol. The standard InChI is InChI=1S/C22H18ClN3O3/c1-13-20(26-12-2-3-17(23)21(26)24-13)25-22(27)19-11-10-18(29-19)14-4-6-15(7-5-14)28-16-8-9-16/h2-7,10-12,16H,8-9H2,1H3,(H,25,27). The number of pyridine rings is 1. The third-order valence-corrected chi connectivity index (χ3v) is 5.10. The van der Waals surface area contributed by atoms with Gasteiger partial charge in [-0.25, -0.2) is 4.98 Å². The summed E-state index contributed by atoms with van der Waals surface area (Å²) in [5, 5.41) is 3.39. The monoisotopic (exact) mass is 407 g/mol. The molecular formula is C22H18ClN3O3. The Bertz CT molecular complexity index is 1210. The highest BCUT2D eigenvalue weighted by Gasteiger charge is 2.23. The Morgan fingerprint density at radius 2 is 2.00 bits per heavy atom. The number of hydrogen-bond acceptors (Lipinski definition) is 4. The molecule has 1 aliphatic carbocycles. The number of nitrogens with zero attached hydrogens (tertiary/aromatic N) is 2. The van der Waals surface area contributed by atoms with Crippen molar-refractivity contribution in [2.24, 2.45) is 0 Å². The topological polar surface area (TPSA) is 68.8 Å². The minimum atomic E-state index is -0.352. The van der Waals surface area contributed by atoms with Crippen molar-refractivity contribution in [2.75, 3.05) is 5.32 Å². The van der Waals surface area contributed by atoms with E-state index in [1.54, 1.807) is 34.9 Å². The quantitative estimate of drug-likeness (QED) is 0.484. The van der Waals surface area contributed by atoms with E-state index in [9.17, 15) is 4.79 Å². The van der Waals surface area contributed by atoms with Crippen LogP contribution in [0.4, 0.5) is 5.82 Å². The Hall–Kier alpha value is -3.25. The third kappa shape index (κ3) is 3.47. The molecule has 29 heavy (non-hydrogen) atoms. The Kier molecular flexibility index (Phi) is 4.28. The first-order valence-electron chi connectivity index (χ1n) is 9.40. The van der Waals surface area contributed by atoms with Crippen LogP contribution in [0.2, 0.25) is 5.02 Å². The lowest BCUT2D eigenvalue weighted by molar-refractivity contribution is 0.0997. The zero-order chi connectivity index (χ0) is 20.0. The van der Waals surface area contributed by atoms with Crippen molar-refractivity contribution in [2.45, 2.75) is 25.9 Å². The van der Waals surface area contributed by atoms with Gasteiger partial charge in [-0.2, -0.15) is 0 Å². The number of halogens is 1. The largest absolute Gasteiger partial charge is 0.490 e. The number of aryl methyl sites for hydroxylation is 1. The normalized spacial score (nSPS) is 13.6. The molecule has 3 aromatic heterocycles. The number of imidazole rings is 1. The summed E-state index contributed by atoms with van der Waals surface area (Å²) in [6.45, 7) is 1.82. The van der Waals surface area contributed by atoms with E-state index in [2.05, 4.69) is 10.3 Å². The van der Waals surface area contributed by atoms with Crippen LogP contribution in [-0.2, 0) is 0 Å². The smallest absolute Gasteiger partial charge is 0.292 e. The molecule has 4 aromatic rings. The number of rotatable bonds is 5. The predicted octanol–water partition coefficient (Wildman–Crippen LogP) is 5.35. The van der Waals surface area contributed by atoms with Gasteiger partial charge < -0.3 is 14.5 Å². The van der Waals surface area contributed by atoms with Crippen LogP contribution in [0.1, 0.15) is 29.1 Å². The first-order chi connectivity index (χ1) is 14.1. The third-order valence-electron chi connectivity index (χ3n) is 4.80. The molecule has 0 radical (unpaired) electrons. The van der Waals surface area contributed by atoms with Gasteiger partial charge in [0.15, 0.2) is 11.4 Å². The second kappa shape index (κ2) is 6.97. The minimum absolute atomic E-state index is 0.217. The van der Waals surface area contributed by atoms with Gasteiger partial charge in [-0.05, 0) is 68.3 Å². The summed E-state index contributed by atoms with van der Waals surface area (Å²) in [5.74, 6) is 1.89. The Balaban J connectivity index is 1.36. The summed E-state index contributed by atoms with van der Waals surface area (Å²) in [6, 6.07) is 14.7. The van der Waals surface area contributed by atoms with Crippen molar-refractivity contribution in [1.82, 2.24) is 9.38 Å². The highest BCUT2D eigenvalue weighted by molar-refractivity contribution is 6.33. The van der Waals surface area contributed by atoms with Crippen molar-refractivity contribution in [3.63, 3.8) is 0 Å². The number of ether oxygens (including phenoxy) is 1. The van der Waals surface area contributed by atoms with Gasteiger partial charge >= 0.3 is 0 Å². The number of hydrogen-bond donors (Lipinski definition) is 1. The summed E-state index contributed by atoms with van der Waals surface area (Å²) in [6.07, 6.45) is 4.40. The van der Waals surface area contributed by atoms with Gasteiger partial charge in [0.1, 0.15) is 17.3 Å². The van der Waals surface area contributed by atoms with Crippen LogP contribution in [0.25, 0.3) is 17.0 Å². The number of carbonyl (C=O) groups excluding carboxylic acids is 1. The number of anilines is 1. The lowest BCUT2D eigenvalue weighted by Gasteiger charge is -2.05. The molecule has 1 saturated carbocycles. The van der Waals surface area contributed by atoms with E-state index < -0.39 is 0 Å². The van der Waals surface area contributed by atoms with Crippen LogP contribution in [0.5, 0.6) is 5.75 Å². The average Bonchev–Trinajstić information content (AvgIpc) is 3.28. The van der Waals surface area contributed by atoms with E-state index in [-0.39, 0.29) is 11.7 Å². The van der Waals surface area contributed by atoms with Crippen LogP contribution in [0.15, 0.2) is 59.1 Å². The van der Waals surface area contributed by atoms with Gasteiger partial charge in [0.2, 0.25) is 0 Å².